The number of fused-ring (bicyclic) bond motifs is 9. The molecule has 0 bridgehead atoms. The zero-order valence-electron chi connectivity index (χ0n) is 59.0. The van der Waals surface area contributed by atoms with Crippen LogP contribution in [0.25, 0.3) is 55.6 Å². The molecule has 10 aromatic rings. The molecule has 3 aliphatic carbocycles. The molecule has 0 unspecified atom stereocenters. The lowest BCUT2D eigenvalue weighted by atomic mass is 9.70. The number of rotatable bonds is 42. The maximum Gasteiger partial charge on any atom is 0.211 e. The van der Waals surface area contributed by atoms with Crippen molar-refractivity contribution in [2.24, 2.45) is 0 Å². The molecule has 0 saturated heterocycles. The average molecular weight is 1370 g/mol. The molecule has 103 heavy (non-hydrogen) atoms. The van der Waals surface area contributed by atoms with Gasteiger partial charge in [0.25, 0.3) is 0 Å². The molecule has 526 valence electrons. The fraction of sp³-hybridized carbons (Fsp3) is 0.297. The Balaban J connectivity index is 0.707. The Kier molecular flexibility index (Phi) is 23.9. The molecule has 10 aromatic carbocycles. The summed E-state index contributed by atoms with van der Waals surface area (Å²) in [5.74, 6) is 3.24. The molecule has 0 aromatic heterocycles. The van der Waals surface area contributed by atoms with Crippen LogP contribution in [0.4, 0.5) is 22.7 Å². The number of hydrogen-bond acceptors (Lipinski definition) is 8. The van der Waals surface area contributed by atoms with Crippen molar-refractivity contribution in [2.75, 3.05) is 47.7 Å². The number of nitrogens with one attached hydrogen (secondary N) is 4. The van der Waals surface area contributed by atoms with Gasteiger partial charge in [-0.3, -0.25) is 19.2 Å². The van der Waals surface area contributed by atoms with Gasteiger partial charge in [0.05, 0.1) is 26.4 Å². The van der Waals surface area contributed by atoms with E-state index in [4.69, 9.17) is 18.9 Å². The van der Waals surface area contributed by atoms with Crippen LogP contribution in [0.15, 0.2) is 218 Å². The van der Waals surface area contributed by atoms with Gasteiger partial charge in [-0.2, -0.15) is 0 Å². The van der Waals surface area contributed by atoms with Crippen LogP contribution in [-0.4, -0.2) is 52.1 Å². The van der Waals surface area contributed by atoms with Crippen LogP contribution >= 0.6 is 0 Å². The highest BCUT2D eigenvalue weighted by atomic mass is 16.5. The van der Waals surface area contributed by atoms with Crippen LogP contribution in [0.2, 0.25) is 0 Å². The van der Waals surface area contributed by atoms with E-state index in [-0.39, 0.29) is 10.8 Å². The van der Waals surface area contributed by atoms with Gasteiger partial charge in [0.2, 0.25) is 25.6 Å². The molecule has 3 aliphatic rings. The number of ether oxygens (including phenoxy) is 4. The number of benzene rings is 10. The van der Waals surface area contributed by atoms with Crippen molar-refractivity contribution in [1.82, 2.24) is 0 Å². The van der Waals surface area contributed by atoms with E-state index in [9.17, 15) is 19.2 Å². The Morgan fingerprint density at radius 3 is 0.825 bits per heavy atom. The highest BCUT2D eigenvalue weighted by Gasteiger charge is 2.44. The van der Waals surface area contributed by atoms with Gasteiger partial charge in [0.15, 0.2) is 0 Å². The molecule has 0 fully saturated rings. The summed E-state index contributed by atoms with van der Waals surface area (Å²) in [4.78, 5) is 43.7. The zero-order valence-corrected chi connectivity index (χ0v) is 59.0. The van der Waals surface area contributed by atoms with Gasteiger partial charge < -0.3 is 40.2 Å². The molecular weight excluding hydrogens is 1280 g/mol. The van der Waals surface area contributed by atoms with Crippen LogP contribution in [-0.2, 0) is 36.4 Å². The minimum Gasteiger partial charge on any atom is -0.494 e. The first-order chi connectivity index (χ1) is 50.8. The summed E-state index contributed by atoms with van der Waals surface area (Å²) in [6.45, 7) is 2.60. The highest BCUT2D eigenvalue weighted by Crippen LogP contribution is 2.57. The number of anilines is 4. The fourth-order valence-electron chi connectivity index (χ4n) is 16.3. The van der Waals surface area contributed by atoms with E-state index in [0.717, 1.165) is 181 Å². The summed E-state index contributed by atoms with van der Waals surface area (Å²) in [7, 11) is 0. The Bertz CT molecular complexity index is 4070. The first kappa shape index (κ1) is 70.7. The Hall–Kier alpha value is -10.7. The van der Waals surface area contributed by atoms with E-state index in [1.165, 1.54) is 89.0 Å². The van der Waals surface area contributed by atoms with Crippen LogP contribution in [0, 0.1) is 0 Å². The van der Waals surface area contributed by atoms with E-state index < -0.39 is 0 Å². The van der Waals surface area contributed by atoms with Gasteiger partial charge in [-0.05, 0) is 256 Å². The van der Waals surface area contributed by atoms with Crippen molar-refractivity contribution < 1.29 is 38.1 Å². The second-order valence-electron chi connectivity index (χ2n) is 27.9. The molecular formula is C91H94N4O8. The molecule has 12 heteroatoms. The van der Waals surface area contributed by atoms with E-state index in [1.807, 2.05) is 97.1 Å². The van der Waals surface area contributed by atoms with Gasteiger partial charge in [-0.15, -0.1) is 0 Å². The van der Waals surface area contributed by atoms with Crippen molar-refractivity contribution >= 4 is 48.4 Å². The van der Waals surface area contributed by atoms with Crippen LogP contribution in [0.1, 0.15) is 162 Å². The highest BCUT2D eigenvalue weighted by molar-refractivity contribution is 5.88. The fourth-order valence-corrected chi connectivity index (χ4v) is 16.3. The van der Waals surface area contributed by atoms with Crippen molar-refractivity contribution in [1.29, 1.82) is 0 Å². The van der Waals surface area contributed by atoms with Gasteiger partial charge >= 0.3 is 0 Å². The minimum atomic E-state index is -0.125. The quantitative estimate of drug-likeness (QED) is 0.0218. The summed E-state index contributed by atoms with van der Waals surface area (Å²) in [5.41, 5.74) is 24.5. The minimum absolute atomic E-state index is 0.125. The van der Waals surface area contributed by atoms with Crippen molar-refractivity contribution in [2.45, 2.75) is 146 Å². The van der Waals surface area contributed by atoms with Crippen molar-refractivity contribution in [3.05, 3.63) is 252 Å². The molecule has 0 atom stereocenters. The lowest BCUT2D eigenvalue weighted by Gasteiger charge is -2.33. The van der Waals surface area contributed by atoms with Crippen LogP contribution in [0.5, 0.6) is 23.0 Å². The largest absolute Gasteiger partial charge is 0.494 e. The first-order valence-electron chi connectivity index (χ1n) is 37.3. The normalized spacial score (nSPS) is 12.9. The van der Waals surface area contributed by atoms with Crippen molar-refractivity contribution in [3.63, 3.8) is 0 Å². The average Bonchev–Trinajstić information content (AvgIpc) is 1.57. The lowest BCUT2D eigenvalue weighted by Crippen LogP contribution is -2.25. The summed E-state index contributed by atoms with van der Waals surface area (Å²) < 4.78 is 24.5. The molecule has 0 aliphatic heterocycles. The van der Waals surface area contributed by atoms with Gasteiger partial charge in [0.1, 0.15) is 23.0 Å². The summed E-state index contributed by atoms with van der Waals surface area (Å²) in [5, 5.41) is 10.8. The second kappa shape index (κ2) is 34.8. The number of carbonyl (C=O) groups is 4. The third kappa shape index (κ3) is 16.9. The predicted octanol–water partition coefficient (Wildman–Crippen LogP) is 21.5. The van der Waals surface area contributed by atoms with E-state index >= 15 is 0 Å². The maximum atomic E-state index is 10.9. The number of unbranched alkanes of at least 4 members (excludes halogenated alkanes) is 12. The van der Waals surface area contributed by atoms with Crippen LogP contribution in [0.3, 0.4) is 0 Å². The standard InChI is InChI=1S/C91H94N4O8/c96-62-92-72-29-37-76(38-30-72)100-53-17-5-1-13-49-90(50-14-2-6-18-54-101-77-39-31-73(32-40-77)93-63-97)86-23-11-9-21-82(86)84-47-27-68(60-88(84)90)66-25-45-80-70(57-66)59-71-58-67(26-46-81(71)80)69-28-48-85-83-22-10-12-24-87(83)91(89(85)61-69,51-15-3-7-19-55-102-78-41-33-74(34-42-78)94-64-98)52-16-4-8-20-56-103-79-43-35-75(36-44-79)95-65-99/h9-12,21-48,57-58,60-65H,1-8,13-20,49-56,59H2,(H,92,96)(H,93,97)(H,94,98)(H,95,99). The summed E-state index contributed by atoms with van der Waals surface area (Å²) in [6, 6.07) is 77.7. The Labute approximate surface area is 607 Å². The molecule has 0 saturated carbocycles. The number of amides is 4. The third-order valence-electron chi connectivity index (χ3n) is 21.5. The SMILES string of the molecule is O=CNc1ccc(OCCCCCCC2(CCCCCCOc3ccc(NC=O)cc3)c3ccccc3-c3ccc(-c4ccc5c(c4)Cc4cc(-c6ccc7c(c6)C(CCCCCCOc6ccc(NC=O)cc6)(CCCCCCOc6ccc(NC=O)cc6)c6ccccc6-7)ccc4-5)cc32)cc1. The third-order valence-corrected chi connectivity index (χ3v) is 21.5. The molecule has 4 amide bonds. The number of carbonyl (C=O) groups excluding carboxylic acids is 4. The Morgan fingerprint density at radius 1 is 0.262 bits per heavy atom. The zero-order chi connectivity index (χ0) is 70.5. The Morgan fingerprint density at radius 2 is 0.524 bits per heavy atom. The lowest BCUT2D eigenvalue weighted by molar-refractivity contribution is -0.106. The van der Waals surface area contributed by atoms with Gasteiger partial charge in [-0.1, -0.05) is 186 Å². The van der Waals surface area contributed by atoms with Crippen LogP contribution < -0.4 is 40.2 Å². The molecule has 0 heterocycles. The second-order valence-corrected chi connectivity index (χ2v) is 27.9. The van der Waals surface area contributed by atoms with E-state index in [2.05, 4.69) is 143 Å². The maximum absolute atomic E-state index is 10.9. The molecule has 0 radical (unpaired) electrons. The number of hydrogen-bond donors (Lipinski definition) is 4. The van der Waals surface area contributed by atoms with Crippen molar-refractivity contribution in [3.8, 4) is 78.6 Å². The first-order valence-corrected chi connectivity index (χ1v) is 37.3. The monoisotopic (exact) mass is 1370 g/mol. The van der Waals surface area contributed by atoms with E-state index in [0.29, 0.717) is 52.1 Å². The summed E-state index contributed by atoms with van der Waals surface area (Å²) >= 11 is 0. The molecule has 4 N–H and O–H groups in total. The topological polar surface area (TPSA) is 153 Å². The van der Waals surface area contributed by atoms with Gasteiger partial charge in [-0.25, -0.2) is 0 Å². The van der Waals surface area contributed by atoms with E-state index in [1.54, 1.807) is 0 Å². The molecule has 13 rings (SSSR count). The predicted molar refractivity (Wildman–Crippen MR) is 417 cm³/mol. The smallest absolute Gasteiger partial charge is 0.211 e. The molecule has 12 nitrogen and oxygen atoms in total. The summed E-state index contributed by atoms with van der Waals surface area (Å²) in [6.07, 6.45) is 25.0. The molecule has 0 spiro atoms. The van der Waals surface area contributed by atoms with Gasteiger partial charge in [0, 0.05) is 33.6 Å².